The molecule has 0 saturated carbocycles. The number of nitrogens with zero attached hydrogens (tertiary/aromatic N) is 3. The van der Waals surface area contributed by atoms with Crippen molar-refractivity contribution >= 4 is 34.2 Å². The Kier molecular flexibility index (Phi) is 7.78. The van der Waals surface area contributed by atoms with Crippen molar-refractivity contribution in [1.29, 1.82) is 5.26 Å². The number of nitriles is 1. The van der Waals surface area contributed by atoms with Gasteiger partial charge in [-0.2, -0.15) is 18.4 Å². The van der Waals surface area contributed by atoms with Crippen molar-refractivity contribution in [2.75, 3.05) is 18.5 Å². The first-order valence-corrected chi connectivity index (χ1v) is 11.3. The second kappa shape index (κ2) is 10.5. The average Bonchev–Trinajstić information content (AvgIpc) is 3.45. The Hall–Kier alpha value is -3.30. The van der Waals surface area contributed by atoms with Crippen molar-refractivity contribution in [1.82, 2.24) is 9.97 Å². The van der Waals surface area contributed by atoms with Crippen LogP contribution in [0.25, 0.3) is 11.3 Å². The second-order valence-electron chi connectivity index (χ2n) is 6.30. The predicted octanol–water partition coefficient (Wildman–Crippen LogP) is 5.76. The average molecular weight is 495 g/mol. The molecule has 33 heavy (non-hydrogen) atoms. The number of furan rings is 1. The molecular formula is C21H17F3N4O3S2. The predicted molar refractivity (Wildman–Crippen MR) is 118 cm³/mol. The minimum atomic E-state index is -4.73. The summed E-state index contributed by atoms with van der Waals surface area (Å²) in [5.74, 6) is -0.495. The highest BCUT2D eigenvalue weighted by atomic mass is 32.2. The van der Waals surface area contributed by atoms with E-state index in [2.05, 4.69) is 21.9 Å². The third-order valence-electron chi connectivity index (χ3n) is 4.08. The highest BCUT2D eigenvalue weighted by molar-refractivity contribution is 7.98. The molecule has 0 fully saturated rings. The number of alkyl halides is 3. The van der Waals surface area contributed by atoms with Crippen LogP contribution >= 0.6 is 23.1 Å². The summed E-state index contributed by atoms with van der Waals surface area (Å²) in [7, 11) is 0. The van der Waals surface area contributed by atoms with Gasteiger partial charge in [-0.25, -0.2) is 14.8 Å². The number of anilines is 1. The number of thioether (sulfide) groups is 1. The Morgan fingerprint density at radius 1 is 1.45 bits per heavy atom. The molecule has 172 valence electrons. The number of halogens is 3. The fourth-order valence-electron chi connectivity index (χ4n) is 2.68. The molecule has 0 amide bonds. The van der Waals surface area contributed by atoms with E-state index in [0.717, 1.165) is 29.2 Å². The van der Waals surface area contributed by atoms with Gasteiger partial charge in [0.05, 0.1) is 24.1 Å². The molecule has 0 aliphatic rings. The summed E-state index contributed by atoms with van der Waals surface area (Å²) in [4.78, 5) is 20.6. The lowest BCUT2D eigenvalue weighted by Crippen LogP contribution is -2.10. The smallest absolute Gasteiger partial charge is 0.433 e. The standard InChI is InChI=1S/C21H17F3N4O3S2/c1-3-7-26-20-27-14(17(33-20)19(29)30-4-2)11-32-18-13(10-25)12(15-6-5-8-31-15)9-16(28-18)21(22,23)24/h3,5-6,8-9H,1,4,7,11H2,2H3,(H,26,27). The van der Waals surface area contributed by atoms with E-state index in [0.29, 0.717) is 17.4 Å². The Labute approximate surface area is 195 Å². The van der Waals surface area contributed by atoms with Crippen LogP contribution in [0.3, 0.4) is 0 Å². The van der Waals surface area contributed by atoms with Crippen LogP contribution in [0.2, 0.25) is 0 Å². The van der Waals surface area contributed by atoms with Gasteiger partial charge in [-0.15, -0.1) is 6.58 Å². The van der Waals surface area contributed by atoms with Gasteiger partial charge < -0.3 is 14.5 Å². The van der Waals surface area contributed by atoms with E-state index in [4.69, 9.17) is 9.15 Å². The molecule has 1 N–H and O–H groups in total. The molecule has 3 rings (SSSR count). The van der Waals surface area contributed by atoms with Crippen LogP contribution in [0.1, 0.15) is 33.5 Å². The van der Waals surface area contributed by atoms with Crippen molar-refractivity contribution in [3.05, 3.63) is 58.9 Å². The van der Waals surface area contributed by atoms with E-state index in [1.54, 1.807) is 13.0 Å². The van der Waals surface area contributed by atoms with Gasteiger partial charge >= 0.3 is 12.1 Å². The Balaban J connectivity index is 2.00. The third-order valence-corrected chi connectivity index (χ3v) is 6.10. The zero-order valence-corrected chi connectivity index (χ0v) is 18.9. The van der Waals surface area contributed by atoms with Crippen LogP contribution in [0.4, 0.5) is 18.3 Å². The number of hydrogen-bond donors (Lipinski definition) is 1. The Morgan fingerprint density at radius 3 is 2.85 bits per heavy atom. The molecule has 0 atom stereocenters. The third kappa shape index (κ3) is 5.74. The van der Waals surface area contributed by atoms with Gasteiger partial charge in [0, 0.05) is 17.9 Å². The number of aromatic nitrogens is 2. The number of hydrogen-bond acceptors (Lipinski definition) is 9. The van der Waals surface area contributed by atoms with E-state index in [9.17, 15) is 23.2 Å². The van der Waals surface area contributed by atoms with Crippen molar-refractivity contribution < 1.29 is 27.1 Å². The maximum atomic E-state index is 13.5. The number of pyridine rings is 1. The van der Waals surface area contributed by atoms with Gasteiger partial charge in [0.25, 0.3) is 0 Å². The van der Waals surface area contributed by atoms with Crippen molar-refractivity contribution in [2.45, 2.75) is 23.9 Å². The molecule has 0 bridgehead atoms. The van der Waals surface area contributed by atoms with E-state index in [-0.39, 0.29) is 39.1 Å². The highest BCUT2D eigenvalue weighted by Gasteiger charge is 2.35. The van der Waals surface area contributed by atoms with Gasteiger partial charge in [-0.3, -0.25) is 0 Å². The highest BCUT2D eigenvalue weighted by Crippen LogP contribution is 2.38. The molecule has 0 aliphatic carbocycles. The molecule has 3 aromatic rings. The summed E-state index contributed by atoms with van der Waals surface area (Å²) in [6, 6.07) is 5.67. The maximum Gasteiger partial charge on any atom is 0.433 e. The lowest BCUT2D eigenvalue weighted by atomic mass is 10.1. The zero-order chi connectivity index (χ0) is 24.0. The summed E-state index contributed by atoms with van der Waals surface area (Å²) in [5.41, 5.74) is -0.948. The number of carbonyl (C=O) groups excluding carboxylic acids is 1. The van der Waals surface area contributed by atoms with E-state index >= 15 is 0 Å². The molecule has 0 saturated heterocycles. The molecule has 0 spiro atoms. The van der Waals surface area contributed by atoms with Crippen LogP contribution in [0.15, 0.2) is 46.6 Å². The van der Waals surface area contributed by atoms with Crippen LogP contribution in [0.5, 0.6) is 0 Å². The molecule has 3 heterocycles. The van der Waals surface area contributed by atoms with Gasteiger partial charge in [-0.05, 0) is 25.1 Å². The maximum absolute atomic E-state index is 13.5. The van der Waals surface area contributed by atoms with Crippen molar-refractivity contribution in [3.8, 4) is 17.4 Å². The number of ether oxygens (including phenoxy) is 1. The Morgan fingerprint density at radius 2 is 2.24 bits per heavy atom. The summed E-state index contributed by atoms with van der Waals surface area (Å²) >= 11 is 1.93. The minimum absolute atomic E-state index is 0.0129. The summed E-state index contributed by atoms with van der Waals surface area (Å²) in [5, 5.41) is 12.9. The molecule has 0 unspecified atom stereocenters. The number of esters is 1. The second-order valence-corrected chi connectivity index (χ2v) is 8.26. The summed E-state index contributed by atoms with van der Waals surface area (Å²) in [6.07, 6.45) is -1.82. The summed E-state index contributed by atoms with van der Waals surface area (Å²) < 4.78 is 50.8. The number of carbonyl (C=O) groups is 1. The number of rotatable bonds is 9. The lowest BCUT2D eigenvalue weighted by molar-refractivity contribution is -0.141. The Bertz CT molecular complexity index is 1180. The molecule has 7 nitrogen and oxygen atoms in total. The van der Waals surface area contributed by atoms with Crippen molar-refractivity contribution in [3.63, 3.8) is 0 Å². The number of thiazole rings is 1. The van der Waals surface area contributed by atoms with E-state index < -0.39 is 17.8 Å². The normalized spacial score (nSPS) is 11.1. The SMILES string of the molecule is C=CCNc1nc(CSc2nc(C(F)(F)F)cc(-c3ccco3)c2C#N)c(C(=O)OCC)s1. The molecular weight excluding hydrogens is 477 g/mol. The first-order valence-electron chi connectivity index (χ1n) is 9.49. The topological polar surface area (TPSA) is 101 Å². The molecule has 0 aromatic carbocycles. The van der Waals surface area contributed by atoms with Crippen LogP contribution in [0, 0.1) is 11.3 Å². The van der Waals surface area contributed by atoms with E-state index in [1.165, 1.54) is 18.4 Å². The first kappa shape index (κ1) is 24.3. The van der Waals surface area contributed by atoms with Gasteiger partial charge in [0.2, 0.25) is 0 Å². The fraction of sp³-hybridized carbons (Fsp3) is 0.238. The molecule has 0 aliphatic heterocycles. The lowest BCUT2D eigenvalue weighted by Gasteiger charge is -2.12. The molecule has 12 heteroatoms. The van der Waals surface area contributed by atoms with Crippen LogP contribution in [-0.4, -0.2) is 29.1 Å². The van der Waals surface area contributed by atoms with Gasteiger partial charge in [0.15, 0.2) is 5.13 Å². The fourth-order valence-corrected chi connectivity index (χ4v) is 4.60. The largest absolute Gasteiger partial charge is 0.464 e. The summed E-state index contributed by atoms with van der Waals surface area (Å²) in [6.45, 7) is 5.82. The van der Waals surface area contributed by atoms with E-state index in [1.807, 2.05) is 6.07 Å². The van der Waals surface area contributed by atoms with Gasteiger partial charge in [-0.1, -0.05) is 29.2 Å². The minimum Gasteiger partial charge on any atom is -0.464 e. The van der Waals surface area contributed by atoms with Crippen LogP contribution < -0.4 is 5.32 Å². The quantitative estimate of drug-likeness (QED) is 0.228. The van der Waals surface area contributed by atoms with Gasteiger partial charge in [0.1, 0.15) is 27.4 Å². The molecule has 0 radical (unpaired) electrons. The number of nitrogens with one attached hydrogen (secondary N) is 1. The van der Waals surface area contributed by atoms with Crippen molar-refractivity contribution in [2.24, 2.45) is 0 Å². The zero-order valence-electron chi connectivity index (χ0n) is 17.2. The first-order chi connectivity index (χ1) is 15.8. The van der Waals surface area contributed by atoms with Crippen LogP contribution in [-0.2, 0) is 16.7 Å². The molecule has 3 aromatic heterocycles. The monoisotopic (exact) mass is 494 g/mol.